The predicted molar refractivity (Wildman–Crippen MR) is 169 cm³/mol. The predicted octanol–water partition coefficient (Wildman–Crippen LogP) is 6.14. The first-order valence-electron chi connectivity index (χ1n) is 17.0. The highest BCUT2D eigenvalue weighted by atomic mass is 16.6. The molecule has 4 saturated carbocycles. The van der Waals surface area contributed by atoms with Gasteiger partial charge in [0.1, 0.15) is 18.8 Å². The number of ether oxygens (including phenoxy) is 2. The summed E-state index contributed by atoms with van der Waals surface area (Å²) in [7, 11) is 0. The molecule has 0 aromatic rings. The molecule has 3 N–H and O–H groups in total. The summed E-state index contributed by atoms with van der Waals surface area (Å²) in [5.74, 6) is -0.406. The van der Waals surface area contributed by atoms with Gasteiger partial charge in [-0.2, -0.15) is 0 Å². The number of hydrogen-bond acceptors (Lipinski definition) is 7. The Morgan fingerprint density at radius 3 is 2.20 bits per heavy atom. The van der Waals surface area contributed by atoms with Crippen molar-refractivity contribution < 1.29 is 34.4 Å². The molecule has 44 heavy (non-hydrogen) atoms. The van der Waals surface area contributed by atoms with Crippen LogP contribution in [0.2, 0.25) is 0 Å². The van der Waals surface area contributed by atoms with Crippen molar-refractivity contribution in [3.05, 3.63) is 23.3 Å². The van der Waals surface area contributed by atoms with Gasteiger partial charge in [-0.25, -0.2) is 4.79 Å². The fourth-order valence-electron chi connectivity index (χ4n) is 11.6. The SMILES string of the molecule is C/C=C(\C)C(=O)O[C@H]1[C@H](O)[C@]2(COC(C)=O)[C@H](O)C[C@]3(C)C(=CC[C@@H]4[C@@]5(C)CC[C@H](O)C(C)(C)[C@@H]5CC[C@]43C)[C@@H]2CC1(C)C. The Labute approximate surface area is 264 Å². The highest BCUT2D eigenvalue weighted by Crippen LogP contribution is 2.75. The third-order valence-corrected chi connectivity index (χ3v) is 14.6. The molecule has 0 aromatic carbocycles. The van der Waals surface area contributed by atoms with E-state index in [4.69, 9.17) is 9.47 Å². The van der Waals surface area contributed by atoms with Crippen LogP contribution in [0.3, 0.4) is 0 Å². The zero-order valence-corrected chi connectivity index (χ0v) is 28.8. The minimum absolute atomic E-state index is 0.0628. The molecule has 0 aromatic heterocycles. The van der Waals surface area contributed by atoms with E-state index in [1.54, 1.807) is 19.9 Å². The summed E-state index contributed by atoms with van der Waals surface area (Å²) in [6.45, 7) is 20.5. The summed E-state index contributed by atoms with van der Waals surface area (Å²) in [4.78, 5) is 25.2. The lowest BCUT2D eigenvalue weighted by Gasteiger charge is -2.72. The van der Waals surface area contributed by atoms with E-state index < -0.39 is 41.1 Å². The van der Waals surface area contributed by atoms with E-state index in [1.165, 1.54) is 12.5 Å². The maximum Gasteiger partial charge on any atom is 0.333 e. The second-order valence-electron chi connectivity index (χ2n) is 17.3. The topological polar surface area (TPSA) is 113 Å². The van der Waals surface area contributed by atoms with E-state index in [0.717, 1.165) is 32.1 Å². The molecule has 0 spiro atoms. The molecule has 0 bridgehead atoms. The van der Waals surface area contributed by atoms with Gasteiger partial charge in [0.25, 0.3) is 0 Å². The first-order chi connectivity index (χ1) is 20.2. The molecule has 5 aliphatic rings. The molecule has 248 valence electrons. The summed E-state index contributed by atoms with van der Waals surface area (Å²) < 4.78 is 11.7. The van der Waals surface area contributed by atoms with Crippen molar-refractivity contribution in [2.75, 3.05) is 6.61 Å². The molecule has 0 amide bonds. The third kappa shape index (κ3) is 4.45. The molecule has 4 fully saturated rings. The van der Waals surface area contributed by atoms with Crippen LogP contribution in [0.4, 0.5) is 0 Å². The molecule has 5 rings (SSSR count). The molecule has 0 aliphatic heterocycles. The monoisotopic (exact) mass is 614 g/mol. The van der Waals surface area contributed by atoms with E-state index in [9.17, 15) is 24.9 Å². The van der Waals surface area contributed by atoms with Gasteiger partial charge in [-0.1, -0.05) is 66.2 Å². The zero-order valence-electron chi connectivity index (χ0n) is 28.8. The molecule has 11 atom stereocenters. The molecule has 5 aliphatic carbocycles. The van der Waals surface area contributed by atoms with Gasteiger partial charge < -0.3 is 24.8 Å². The van der Waals surface area contributed by atoms with Gasteiger partial charge >= 0.3 is 11.9 Å². The Kier molecular flexibility index (Phi) is 8.16. The second-order valence-corrected chi connectivity index (χ2v) is 17.3. The van der Waals surface area contributed by atoms with Gasteiger partial charge in [-0.15, -0.1) is 0 Å². The largest absolute Gasteiger partial charge is 0.465 e. The fourth-order valence-corrected chi connectivity index (χ4v) is 11.6. The third-order valence-electron chi connectivity index (χ3n) is 14.6. The number of aliphatic hydroxyl groups excluding tert-OH is 3. The number of carbonyl (C=O) groups excluding carboxylic acids is 2. The Balaban J connectivity index is 1.62. The molecule has 0 saturated heterocycles. The number of allylic oxidation sites excluding steroid dienone is 3. The van der Waals surface area contributed by atoms with Crippen LogP contribution in [-0.4, -0.2) is 58.3 Å². The maximum atomic E-state index is 13.0. The van der Waals surface area contributed by atoms with E-state index in [-0.39, 0.29) is 40.3 Å². The average molecular weight is 615 g/mol. The number of esters is 2. The lowest BCUT2D eigenvalue weighted by molar-refractivity contribution is -0.262. The Bertz CT molecular complexity index is 1250. The van der Waals surface area contributed by atoms with Crippen LogP contribution < -0.4 is 0 Å². The number of hydrogen-bond donors (Lipinski definition) is 3. The van der Waals surface area contributed by atoms with E-state index in [0.29, 0.717) is 30.3 Å². The smallest absolute Gasteiger partial charge is 0.333 e. The number of rotatable bonds is 4. The highest BCUT2D eigenvalue weighted by molar-refractivity contribution is 5.87. The Morgan fingerprint density at radius 1 is 0.932 bits per heavy atom. The van der Waals surface area contributed by atoms with Crippen molar-refractivity contribution in [1.82, 2.24) is 0 Å². The molecular weight excluding hydrogens is 556 g/mol. The average Bonchev–Trinajstić information content (AvgIpc) is 2.92. The molecular formula is C37H58O7. The van der Waals surface area contributed by atoms with Gasteiger partial charge in [0.2, 0.25) is 0 Å². The lowest BCUT2D eigenvalue weighted by Crippen LogP contribution is -2.72. The van der Waals surface area contributed by atoms with E-state index in [2.05, 4.69) is 40.7 Å². The summed E-state index contributed by atoms with van der Waals surface area (Å²) in [6.07, 6.45) is 6.49. The highest BCUT2D eigenvalue weighted by Gasteiger charge is 2.73. The zero-order chi connectivity index (χ0) is 32.8. The van der Waals surface area contributed by atoms with E-state index in [1.807, 2.05) is 13.8 Å². The lowest BCUT2D eigenvalue weighted by atomic mass is 9.33. The Hall–Kier alpha value is -1.70. The maximum absolute atomic E-state index is 13.0. The van der Waals surface area contributed by atoms with Crippen molar-refractivity contribution in [3.63, 3.8) is 0 Å². The summed E-state index contributed by atoms with van der Waals surface area (Å²) in [5.41, 5.74) is -0.622. The number of fused-ring (bicyclic) bond motifs is 7. The second kappa shape index (κ2) is 10.7. The van der Waals surface area contributed by atoms with E-state index >= 15 is 0 Å². The standard InChI is InChI=1S/C37H58O7/c1-11-21(2)31(42)44-30-29(41)37(20-43-22(3)38)24(18-32(30,4)5)23-12-13-26-34(8)16-15-27(39)33(6,7)25(34)14-17-35(26,9)36(23,10)19-28(37)40/h11-12,24-30,39-41H,13-20H2,1-10H3/b21-11+/t24-,25-,26+,27-,28+,29-,30-,34-,35+,36+,37-/m0/s1. The minimum Gasteiger partial charge on any atom is -0.465 e. The van der Waals surface area contributed by atoms with Crippen LogP contribution in [0.1, 0.15) is 114 Å². The summed E-state index contributed by atoms with van der Waals surface area (Å²) in [6, 6.07) is 0. The minimum atomic E-state index is -1.23. The number of carbonyl (C=O) groups is 2. The van der Waals surface area contributed by atoms with Crippen molar-refractivity contribution in [1.29, 1.82) is 0 Å². The van der Waals surface area contributed by atoms with Crippen molar-refractivity contribution in [3.8, 4) is 0 Å². The first-order valence-corrected chi connectivity index (χ1v) is 17.0. The van der Waals surface area contributed by atoms with Gasteiger partial charge in [-0.3, -0.25) is 4.79 Å². The molecule has 7 heteroatoms. The van der Waals surface area contributed by atoms with Crippen LogP contribution >= 0.6 is 0 Å². The molecule has 0 heterocycles. The van der Waals surface area contributed by atoms with Crippen LogP contribution in [-0.2, 0) is 19.1 Å². The molecule has 0 unspecified atom stereocenters. The van der Waals surface area contributed by atoms with Crippen LogP contribution in [0, 0.1) is 50.2 Å². The molecule has 7 nitrogen and oxygen atoms in total. The number of aliphatic hydroxyl groups is 3. The van der Waals surface area contributed by atoms with Crippen LogP contribution in [0.15, 0.2) is 23.3 Å². The van der Waals surface area contributed by atoms with Crippen LogP contribution in [0.5, 0.6) is 0 Å². The first kappa shape index (κ1) is 33.7. The van der Waals surface area contributed by atoms with Crippen molar-refractivity contribution >= 4 is 11.9 Å². The van der Waals surface area contributed by atoms with Gasteiger partial charge in [0.05, 0.1) is 17.6 Å². The fraction of sp³-hybridized carbons (Fsp3) is 0.838. The van der Waals surface area contributed by atoms with Crippen molar-refractivity contribution in [2.24, 2.45) is 50.2 Å². The summed E-state index contributed by atoms with van der Waals surface area (Å²) in [5, 5.41) is 35.7. The van der Waals surface area contributed by atoms with Gasteiger partial charge in [0.15, 0.2) is 0 Å². The van der Waals surface area contributed by atoms with Gasteiger partial charge in [-0.05, 0) is 98.2 Å². The van der Waals surface area contributed by atoms with Crippen LogP contribution in [0.25, 0.3) is 0 Å². The normalized spacial score (nSPS) is 47.6. The molecule has 0 radical (unpaired) electrons. The summed E-state index contributed by atoms with van der Waals surface area (Å²) >= 11 is 0. The van der Waals surface area contributed by atoms with Crippen molar-refractivity contribution in [2.45, 2.75) is 139 Å². The quantitative estimate of drug-likeness (QED) is 0.198. The Morgan fingerprint density at radius 2 is 1.59 bits per heavy atom. The van der Waals surface area contributed by atoms with Gasteiger partial charge in [0, 0.05) is 17.9 Å².